The van der Waals surface area contributed by atoms with E-state index in [-0.39, 0.29) is 31.2 Å². The van der Waals surface area contributed by atoms with E-state index in [4.69, 9.17) is 46.3 Å². The Morgan fingerprint density at radius 2 is 1.84 bits per heavy atom. The van der Waals surface area contributed by atoms with Gasteiger partial charge in [-0.05, 0) is 69.5 Å². The van der Waals surface area contributed by atoms with Gasteiger partial charge in [-0.2, -0.15) is 0 Å². The van der Waals surface area contributed by atoms with Gasteiger partial charge in [-0.25, -0.2) is 14.8 Å². The maximum Gasteiger partial charge on any atom is 0.408 e. The number of carbonyl (C=O) groups excluding carboxylic acids is 3. The summed E-state index contributed by atoms with van der Waals surface area (Å²) in [6, 6.07) is 3.77. The molecule has 7 rings (SSSR count). The zero-order valence-corrected chi connectivity index (χ0v) is 33.9. The van der Waals surface area contributed by atoms with Crippen molar-refractivity contribution >= 4 is 56.9 Å². The van der Waals surface area contributed by atoms with E-state index in [0.29, 0.717) is 70.5 Å². The number of carbonyl (C=O) groups is 3. The quantitative estimate of drug-likeness (QED) is 0.217. The lowest BCUT2D eigenvalue weighted by Gasteiger charge is -2.35. The van der Waals surface area contributed by atoms with Gasteiger partial charge in [-0.15, -0.1) is 11.3 Å². The molecule has 0 spiro atoms. The summed E-state index contributed by atoms with van der Waals surface area (Å²) in [5.41, 5.74) is 6.82. The number of nitrogens with zero attached hydrogens (tertiary/aromatic N) is 4. The van der Waals surface area contributed by atoms with Crippen LogP contribution in [0.5, 0.6) is 11.5 Å². The van der Waals surface area contributed by atoms with Crippen LogP contribution in [0.3, 0.4) is 0 Å². The maximum atomic E-state index is 14.3. The molecule has 4 fully saturated rings. The summed E-state index contributed by atoms with van der Waals surface area (Å²) in [6.45, 7) is 12.2. The van der Waals surface area contributed by atoms with Crippen LogP contribution in [0.25, 0.3) is 22.3 Å². The van der Waals surface area contributed by atoms with Crippen LogP contribution in [0.4, 0.5) is 9.93 Å². The predicted molar refractivity (Wildman–Crippen MR) is 211 cm³/mol. The zero-order valence-electron chi connectivity index (χ0n) is 32.3. The second-order valence-corrected chi connectivity index (χ2v) is 18.0. The van der Waals surface area contributed by atoms with Crippen LogP contribution in [-0.2, 0) is 19.1 Å². The highest BCUT2D eigenvalue weighted by Crippen LogP contribution is 2.52. The first-order valence-corrected chi connectivity index (χ1v) is 20.4. The standard InChI is InChI=1S/C39H52ClN7O7S/c1-20(2)42-37-44-28(19-55-37)27-15-31(26-7-8-30(32(40)33(26)43-27)52-18-23-17-51-10-9-46(23)6)53-25-14-29(35(41)48)47(16-25)36(49)34(39(3,4)5)45-38(50)54-24-12-21-11-22(21)13-24/h7-8,15,19-25,29,34H,9-14,16-18H2,1-6H3,(H2,41,48)(H,42,44)(H,45,50)/t21-,22+,23-,24+,25+,29-,34+/m0/s1. The van der Waals surface area contributed by atoms with Gasteiger partial charge in [0.25, 0.3) is 0 Å². The van der Waals surface area contributed by atoms with E-state index in [0.717, 1.165) is 24.5 Å². The lowest BCUT2D eigenvalue weighted by atomic mass is 9.85. The van der Waals surface area contributed by atoms with E-state index in [2.05, 4.69) is 15.5 Å². The Morgan fingerprint density at radius 3 is 2.53 bits per heavy atom. The summed E-state index contributed by atoms with van der Waals surface area (Å²) in [5.74, 6) is 1.11. The predicted octanol–water partition coefficient (Wildman–Crippen LogP) is 5.31. The molecule has 3 amide bonds. The molecule has 0 unspecified atom stereocenters. The average molecular weight is 798 g/mol. The number of alkyl carbamates (subject to hydrolysis) is 1. The minimum Gasteiger partial charge on any atom is -0.490 e. The van der Waals surface area contributed by atoms with Gasteiger partial charge in [-0.3, -0.25) is 14.5 Å². The first-order valence-electron chi connectivity index (χ1n) is 19.1. The number of primary amides is 1. The number of benzene rings is 1. The van der Waals surface area contributed by atoms with Gasteiger partial charge < -0.3 is 40.2 Å². The third-order valence-electron chi connectivity index (χ3n) is 11.0. The van der Waals surface area contributed by atoms with E-state index in [9.17, 15) is 14.4 Å². The molecule has 3 aromatic rings. The third-order valence-corrected chi connectivity index (χ3v) is 12.1. The van der Waals surface area contributed by atoms with Gasteiger partial charge in [0.15, 0.2) is 5.13 Å². The van der Waals surface area contributed by atoms with Crippen molar-refractivity contribution in [2.45, 2.75) is 96.7 Å². The van der Waals surface area contributed by atoms with Crippen molar-refractivity contribution in [1.29, 1.82) is 0 Å². The largest absolute Gasteiger partial charge is 0.490 e. The molecule has 2 aliphatic heterocycles. The van der Waals surface area contributed by atoms with Crippen LogP contribution >= 0.6 is 22.9 Å². The van der Waals surface area contributed by atoms with Crippen molar-refractivity contribution in [3.63, 3.8) is 0 Å². The van der Waals surface area contributed by atoms with Crippen LogP contribution in [0.1, 0.15) is 60.3 Å². The third kappa shape index (κ3) is 8.90. The molecule has 2 aliphatic carbocycles. The summed E-state index contributed by atoms with van der Waals surface area (Å²) in [7, 11) is 2.04. The molecular weight excluding hydrogens is 746 g/mol. The molecule has 2 aromatic heterocycles. The molecule has 2 saturated heterocycles. The SMILES string of the molecule is CC(C)Nc1nc(-c2cc(O[C@@H]3C[C@@H](C(N)=O)N(C(=O)[C@@H](NC(=O)O[C@@H]4C[C@@H]5C[C@@H]5C4)C(C)(C)C)C3)c3ccc(OC[C@@H]4COCCN4C)c(Cl)c3n2)cs1. The van der Waals surface area contributed by atoms with Gasteiger partial charge in [-0.1, -0.05) is 32.4 Å². The van der Waals surface area contributed by atoms with E-state index >= 15 is 0 Å². The second-order valence-electron chi connectivity index (χ2n) is 16.7. The van der Waals surface area contributed by atoms with Gasteiger partial charge in [0.1, 0.15) is 53.1 Å². The number of halogens is 1. The van der Waals surface area contributed by atoms with E-state index in [1.807, 2.05) is 53.1 Å². The number of nitrogens with one attached hydrogen (secondary N) is 2. The highest BCUT2D eigenvalue weighted by atomic mass is 35.5. The first-order chi connectivity index (χ1) is 26.1. The molecule has 1 aromatic carbocycles. The number of ether oxygens (including phenoxy) is 4. The van der Waals surface area contributed by atoms with Crippen LogP contribution in [0, 0.1) is 17.3 Å². The minimum absolute atomic E-state index is 0.0615. The summed E-state index contributed by atoms with van der Waals surface area (Å²) in [6.07, 6.45) is 1.67. The highest BCUT2D eigenvalue weighted by molar-refractivity contribution is 7.14. The van der Waals surface area contributed by atoms with Crippen molar-refractivity contribution in [1.82, 2.24) is 25.1 Å². The Balaban J connectivity index is 1.15. The molecule has 14 nitrogen and oxygen atoms in total. The number of hydrogen-bond acceptors (Lipinski definition) is 12. The molecule has 16 heteroatoms. The molecular formula is C39H52ClN7O7S. The van der Waals surface area contributed by atoms with E-state index in [1.54, 1.807) is 12.1 Å². The lowest BCUT2D eigenvalue weighted by molar-refractivity contribution is -0.141. The number of likely N-dealkylation sites (tertiary alicyclic amines) is 1. The Kier molecular flexibility index (Phi) is 11.4. The number of rotatable bonds is 12. The molecule has 4 aliphatic rings. The summed E-state index contributed by atoms with van der Waals surface area (Å²) in [5, 5.41) is 9.75. The van der Waals surface area contributed by atoms with Crippen molar-refractivity contribution in [3.8, 4) is 22.9 Å². The number of anilines is 1. The Bertz CT molecular complexity index is 1910. The average Bonchev–Trinajstić information content (AvgIpc) is 3.44. The molecule has 2 saturated carbocycles. The summed E-state index contributed by atoms with van der Waals surface area (Å²) >= 11 is 8.51. The normalized spacial score (nSPS) is 25.8. The number of amides is 3. The van der Waals surface area contributed by atoms with Gasteiger partial charge in [0, 0.05) is 35.8 Å². The maximum absolute atomic E-state index is 14.3. The Morgan fingerprint density at radius 1 is 1.07 bits per heavy atom. The first kappa shape index (κ1) is 39.3. The Labute approximate surface area is 330 Å². The molecule has 4 heterocycles. The van der Waals surface area contributed by atoms with Crippen molar-refractivity contribution in [2.75, 3.05) is 45.3 Å². The Hall–Kier alpha value is -3.92. The number of hydrogen-bond donors (Lipinski definition) is 3. The van der Waals surface area contributed by atoms with Crippen LogP contribution in [-0.4, -0.2) is 114 Å². The number of thiazole rings is 1. The van der Waals surface area contributed by atoms with Gasteiger partial charge in [0.05, 0.1) is 37.0 Å². The molecule has 298 valence electrons. The van der Waals surface area contributed by atoms with Crippen molar-refractivity contribution in [2.24, 2.45) is 23.0 Å². The monoisotopic (exact) mass is 797 g/mol. The van der Waals surface area contributed by atoms with E-state index < -0.39 is 41.5 Å². The van der Waals surface area contributed by atoms with Crippen LogP contribution in [0.15, 0.2) is 23.6 Å². The highest BCUT2D eigenvalue weighted by Gasteiger charge is 2.48. The molecule has 7 atom stereocenters. The van der Waals surface area contributed by atoms with Crippen molar-refractivity contribution in [3.05, 3.63) is 28.6 Å². The number of morpholine rings is 1. The number of pyridine rings is 1. The molecule has 0 bridgehead atoms. The number of aromatic nitrogens is 2. The molecule has 4 N–H and O–H groups in total. The fourth-order valence-electron chi connectivity index (χ4n) is 7.80. The molecule has 0 radical (unpaired) electrons. The van der Waals surface area contributed by atoms with Gasteiger partial charge in [0.2, 0.25) is 11.8 Å². The van der Waals surface area contributed by atoms with E-state index in [1.165, 1.54) is 22.7 Å². The van der Waals surface area contributed by atoms with Gasteiger partial charge >= 0.3 is 6.09 Å². The zero-order chi connectivity index (χ0) is 39.2. The second kappa shape index (κ2) is 15.9. The number of nitrogens with two attached hydrogens (primary N) is 1. The topological polar surface area (TPSA) is 170 Å². The minimum atomic E-state index is -0.972. The summed E-state index contributed by atoms with van der Waals surface area (Å²) < 4.78 is 24.3. The smallest absolute Gasteiger partial charge is 0.408 e. The van der Waals surface area contributed by atoms with Crippen LogP contribution in [0.2, 0.25) is 5.02 Å². The fraction of sp³-hybridized carbons (Fsp3) is 0.615. The number of likely N-dealkylation sites (N-methyl/N-ethyl adjacent to an activating group) is 1. The van der Waals surface area contributed by atoms with Crippen LogP contribution < -0.4 is 25.8 Å². The fourth-order valence-corrected chi connectivity index (χ4v) is 8.91. The number of fused-ring (bicyclic) bond motifs is 2. The summed E-state index contributed by atoms with van der Waals surface area (Å²) in [4.78, 5) is 53.6. The molecule has 55 heavy (non-hydrogen) atoms. The lowest BCUT2D eigenvalue weighted by Crippen LogP contribution is -2.57. The van der Waals surface area contributed by atoms with Crippen molar-refractivity contribution < 1.29 is 33.3 Å².